The molecule has 29 heavy (non-hydrogen) atoms. The molecule has 0 saturated heterocycles. The monoisotopic (exact) mass is 474 g/mol. The Hall–Kier alpha value is -2.13. The number of hydrogen-bond acceptors (Lipinski definition) is 7. The summed E-state index contributed by atoms with van der Waals surface area (Å²) in [5.41, 5.74) is 0.851. The number of aliphatic hydroxyl groups is 1. The van der Waals surface area contributed by atoms with Gasteiger partial charge in [0.15, 0.2) is 0 Å². The Kier molecular flexibility index (Phi) is 7.88. The highest BCUT2D eigenvalue weighted by Gasteiger charge is 2.09. The minimum absolute atomic E-state index is 0.251. The molecule has 8 heteroatoms. The van der Waals surface area contributed by atoms with Crippen LogP contribution in [-0.2, 0) is 0 Å². The molecule has 6 nitrogen and oxygen atoms in total. The first kappa shape index (κ1) is 21.6. The van der Waals surface area contributed by atoms with Crippen molar-refractivity contribution in [1.82, 2.24) is 14.9 Å². The zero-order valence-electron chi connectivity index (χ0n) is 16.2. The number of aromatic nitrogens is 2. The maximum absolute atomic E-state index is 9.88. The first-order valence-electron chi connectivity index (χ1n) is 9.08. The number of nitrogens with zero attached hydrogens (tertiary/aromatic N) is 3. The van der Waals surface area contributed by atoms with Crippen molar-refractivity contribution >= 4 is 39.3 Å². The normalized spacial score (nSPS) is 12.0. The predicted molar refractivity (Wildman–Crippen MR) is 120 cm³/mol. The molecule has 1 atom stereocenters. The molecule has 1 heterocycles. The molecule has 1 unspecified atom stereocenters. The van der Waals surface area contributed by atoms with Crippen molar-refractivity contribution in [3.05, 3.63) is 65.3 Å². The molecule has 2 N–H and O–H groups in total. The van der Waals surface area contributed by atoms with Crippen molar-refractivity contribution in [3.8, 4) is 5.75 Å². The highest BCUT2D eigenvalue weighted by atomic mass is 79.9. The predicted octanol–water partition coefficient (Wildman–Crippen LogP) is 4.44. The molecule has 0 fully saturated rings. The summed E-state index contributed by atoms with van der Waals surface area (Å²) in [6.07, 6.45) is 1.21. The summed E-state index contributed by atoms with van der Waals surface area (Å²) in [7, 11) is 3.83. The van der Waals surface area contributed by atoms with Crippen LogP contribution in [0.2, 0.25) is 0 Å². The lowest BCUT2D eigenvalue weighted by atomic mass is 10.3. The quantitative estimate of drug-likeness (QED) is 0.444. The SMILES string of the molecule is CN(C)CC(O)COc1ccc(Nc2ncc(Br)c(Sc3ccccc3)n2)cc1. The van der Waals surface area contributed by atoms with Gasteiger partial charge in [-0.15, -0.1) is 0 Å². The van der Waals surface area contributed by atoms with Crippen LogP contribution >= 0.6 is 27.7 Å². The van der Waals surface area contributed by atoms with Crippen LogP contribution in [0.15, 0.2) is 75.2 Å². The van der Waals surface area contributed by atoms with Crippen LogP contribution in [0.25, 0.3) is 0 Å². The summed E-state index contributed by atoms with van der Waals surface area (Å²) >= 11 is 5.08. The van der Waals surface area contributed by atoms with Crippen molar-refractivity contribution in [2.24, 2.45) is 0 Å². The maximum Gasteiger partial charge on any atom is 0.228 e. The second-order valence-corrected chi connectivity index (χ2v) is 8.55. The molecule has 0 aliphatic carbocycles. The van der Waals surface area contributed by atoms with Gasteiger partial charge in [0.1, 0.15) is 23.5 Å². The topological polar surface area (TPSA) is 70.5 Å². The van der Waals surface area contributed by atoms with E-state index in [4.69, 9.17) is 4.74 Å². The van der Waals surface area contributed by atoms with Crippen molar-refractivity contribution in [2.75, 3.05) is 32.6 Å². The molecular weight excluding hydrogens is 452 g/mol. The number of halogens is 1. The lowest BCUT2D eigenvalue weighted by Gasteiger charge is -2.16. The smallest absolute Gasteiger partial charge is 0.228 e. The van der Waals surface area contributed by atoms with E-state index in [2.05, 4.69) is 31.2 Å². The van der Waals surface area contributed by atoms with Crippen LogP contribution in [-0.4, -0.2) is 53.3 Å². The standard InChI is InChI=1S/C21H23BrN4O2S/c1-26(2)13-16(27)14-28-17-10-8-15(9-11-17)24-21-23-12-19(22)20(25-21)29-18-6-4-3-5-7-18/h3-12,16,27H,13-14H2,1-2H3,(H,23,24,25). The summed E-state index contributed by atoms with van der Waals surface area (Å²) < 4.78 is 6.47. The van der Waals surface area contributed by atoms with Gasteiger partial charge in [-0.25, -0.2) is 9.97 Å². The Labute approximate surface area is 183 Å². The molecule has 0 bridgehead atoms. The lowest BCUT2D eigenvalue weighted by Crippen LogP contribution is -2.30. The Morgan fingerprint density at radius 1 is 1.14 bits per heavy atom. The molecule has 2 aromatic carbocycles. The first-order chi connectivity index (χ1) is 14.0. The second-order valence-electron chi connectivity index (χ2n) is 6.64. The minimum atomic E-state index is -0.528. The average Bonchev–Trinajstić information content (AvgIpc) is 2.70. The third-order valence-electron chi connectivity index (χ3n) is 3.80. The van der Waals surface area contributed by atoms with E-state index in [9.17, 15) is 5.11 Å². The highest BCUT2D eigenvalue weighted by Crippen LogP contribution is 2.32. The highest BCUT2D eigenvalue weighted by molar-refractivity contribution is 9.10. The van der Waals surface area contributed by atoms with Gasteiger partial charge >= 0.3 is 0 Å². The molecule has 0 saturated carbocycles. The Bertz CT molecular complexity index is 910. The third-order valence-corrected chi connectivity index (χ3v) is 5.65. The third kappa shape index (κ3) is 7.01. The fourth-order valence-corrected chi connectivity index (χ4v) is 3.75. The van der Waals surface area contributed by atoms with E-state index in [1.807, 2.05) is 73.6 Å². The van der Waals surface area contributed by atoms with Gasteiger partial charge in [0.25, 0.3) is 0 Å². The van der Waals surface area contributed by atoms with Gasteiger partial charge in [-0.1, -0.05) is 30.0 Å². The molecule has 3 rings (SSSR count). The summed E-state index contributed by atoms with van der Waals surface area (Å²) in [5.74, 6) is 1.21. The number of benzene rings is 2. The van der Waals surface area contributed by atoms with Gasteiger partial charge < -0.3 is 20.1 Å². The summed E-state index contributed by atoms with van der Waals surface area (Å²) in [5, 5.41) is 13.9. The van der Waals surface area contributed by atoms with Crippen LogP contribution in [0.1, 0.15) is 0 Å². The van der Waals surface area contributed by atoms with Crippen LogP contribution in [0.5, 0.6) is 5.75 Å². The largest absolute Gasteiger partial charge is 0.491 e. The second kappa shape index (κ2) is 10.6. The molecule has 152 valence electrons. The van der Waals surface area contributed by atoms with Gasteiger partial charge in [-0.05, 0) is 66.4 Å². The number of hydrogen-bond donors (Lipinski definition) is 2. The van der Waals surface area contributed by atoms with Gasteiger partial charge in [-0.3, -0.25) is 0 Å². The van der Waals surface area contributed by atoms with Gasteiger partial charge in [0, 0.05) is 23.3 Å². The van der Waals surface area contributed by atoms with E-state index in [1.165, 1.54) is 0 Å². The fourth-order valence-electron chi connectivity index (χ4n) is 2.51. The van der Waals surface area contributed by atoms with Crippen LogP contribution in [0, 0.1) is 0 Å². The Morgan fingerprint density at radius 2 is 1.86 bits per heavy atom. The molecule has 0 aliphatic rings. The van der Waals surface area contributed by atoms with E-state index in [0.717, 1.165) is 20.1 Å². The van der Waals surface area contributed by atoms with Crippen LogP contribution < -0.4 is 10.1 Å². The van der Waals surface area contributed by atoms with E-state index in [-0.39, 0.29) is 6.61 Å². The molecule has 0 aliphatic heterocycles. The first-order valence-corrected chi connectivity index (χ1v) is 10.7. The van der Waals surface area contributed by atoms with E-state index >= 15 is 0 Å². The molecular formula is C21H23BrN4O2S. The zero-order valence-corrected chi connectivity index (χ0v) is 18.7. The van der Waals surface area contributed by atoms with Crippen molar-refractivity contribution in [3.63, 3.8) is 0 Å². The van der Waals surface area contributed by atoms with Crippen LogP contribution in [0.3, 0.4) is 0 Å². The zero-order chi connectivity index (χ0) is 20.6. The van der Waals surface area contributed by atoms with E-state index in [1.54, 1.807) is 18.0 Å². The average molecular weight is 475 g/mol. The summed E-state index contributed by atoms with van der Waals surface area (Å²) in [4.78, 5) is 12.0. The maximum atomic E-state index is 9.88. The van der Waals surface area contributed by atoms with E-state index in [0.29, 0.717) is 18.2 Å². The fraction of sp³-hybridized carbons (Fsp3) is 0.238. The van der Waals surface area contributed by atoms with Gasteiger partial charge in [0.05, 0.1) is 4.47 Å². The minimum Gasteiger partial charge on any atom is -0.491 e. The van der Waals surface area contributed by atoms with Gasteiger partial charge in [0.2, 0.25) is 5.95 Å². The molecule has 0 radical (unpaired) electrons. The molecule has 0 spiro atoms. The summed E-state index contributed by atoms with van der Waals surface area (Å²) in [6.45, 7) is 0.810. The number of aliphatic hydroxyl groups excluding tert-OH is 1. The number of anilines is 2. The van der Waals surface area contributed by atoms with Crippen LogP contribution in [0.4, 0.5) is 11.6 Å². The summed E-state index contributed by atoms with van der Waals surface area (Å²) in [6, 6.07) is 17.6. The van der Waals surface area contributed by atoms with Crippen molar-refractivity contribution in [1.29, 1.82) is 0 Å². The number of ether oxygens (including phenoxy) is 1. The Morgan fingerprint density at radius 3 is 2.55 bits per heavy atom. The lowest BCUT2D eigenvalue weighted by molar-refractivity contribution is 0.0831. The number of rotatable bonds is 9. The number of likely N-dealkylation sites (N-methyl/N-ethyl adjacent to an activating group) is 1. The molecule has 3 aromatic rings. The number of nitrogens with one attached hydrogen (secondary N) is 1. The molecule has 0 amide bonds. The Balaban J connectivity index is 1.60. The molecule has 1 aromatic heterocycles. The van der Waals surface area contributed by atoms with E-state index < -0.39 is 6.10 Å². The van der Waals surface area contributed by atoms with Crippen molar-refractivity contribution in [2.45, 2.75) is 16.0 Å². The van der Waals surface area contributed by atoms with Crippen molar-refractivity contribution < 1.29 is 9.84 Å². The van der Waals surface area contributed by atoms with Gasteiger partial charge in [-0.2, -0.15) is 0 Å².